The molecule has 1 unspecified atom stereocenters. The van der Waals surface area contributed by atoms with Gasteiger partial charge in [-0.25, -0.2) is 4.98 Å². The average molecular weight is 526 g/mol. The highest BCUT2D eigenvalue weighted by molar-refractivity contribution is 14.0. The van der Waals surface area contributed by atoms with Crippen LogP contribution < -0.4 is 10.1 Å². The first kappa shape index (κ1) is 24.4. The Morgan fingerprint density at radius 1 is 1.27 bits per heavy atom. The molecule has 2 aromatic rings. The Kier molecular flexibility index (Phi) is 10.3. The number of benzene rings is 1. The van der Waals surface area contributed by atoms with Gasteiger partial charge in [0.25, 0.3) is 0 Å². The van der Waals surface area contributed by atoms with Gasteiger partial charge in [0.1, 0.15) is 12.7 Å². The molecule has 1 N–H and O–H groups in total. The monoisotopic (exact) mass is 526 g/mol. The molecule has 1 aromatic carbocycles. The second-order valence-electron chi connectivity index (χ2n) is 6.87. The van der Waals surface area contributed by atoms with Gasteiger partial charge in [-0.1, -0.05) is 30.3 Å². The zero-order valence-corrected chi connectivity index (χ0v) is 20.2. The summed E-state index contributed by atoms with van der Waals surface area (Å²) >= 11 is 0. The standard InChI is InChI=1S/C22H30N4O3.HI/c1-17-7-4-5-9-19(17)20-16-26(11-12-28-20)22(23-2)25-15-18-8-6-10-24-21(18)29-14-13-27-3;/h4-10,20H,11-16H2,1-3H3,(H,23,25);1H. The zero-order chi connectivity index (χ0) is 20.5. The van der Waals surface area contributed by atoms with E-state index in [-0.39, 0.29) is 30.1 Å². The van der Waals surface area contributed by atoms with Gasteiger partial charge in [-0.15, -0.1) is 24.0 Å². The predicted octanol–water partition coefficient (Wildman–Crippen LogP) is 3.18. The van der Waals surface area contributed by atoms with Crippen molar-refractivity contribution in [3.05, 3.63) is 59.3 Å². The number of hydrogen-bond acceptors (Lipinski definition) is 5. The molecule has 1 saturated heterocycles. The Morgan fingerprint density at radius 3 is 2.87 bits per heavy atom. The highest BCUT2D eigenvalue weighted by Crippen LogP contribution is 2.25. The minimum Gasteiger partial charge on any atom is -0.475 e. The van der Waals surface area contributed by atoms with E-state index in [1.54, 1.807) is 20.4 Å². The Labute approximate surface area is 195 Å². The number of halogens is 1. The summed E-state index contributed by atoms with van der Waals surface area (Å²) in [7, 11) is 3.46. The van der Waals surface area contributed by atoms with Crippen LogP contribution in [0.4, 0.5) is 0 Å². The molecule has 3 rings (SSSR count). The number of hydrogen-bond donors (Lipinski definition) is 1. The van der Waals surface area contributed by atoms with Crippen LogP contribution in [0, 0.1) is 6.92 Å². The molecule has 1 fully saturated rings. The Morgan fingerprint density at radius 2 is 2.10 bits per heavy atom. The smallest absolute Gasteiger partial charge is 0.218 e. The summed E-state index contributed by atoms with van der Waals surface area (Å²) in [5, 5.41) is 3.44. The highest BCUT2D eigenvalue weighted by atomic mass is 127. The first-order chi connectivity index (χ1) is 14.2. The van der Waals surface area contributed by atoms with Crippen LogP contribution in [0.25, 0.3) is 0 Å². The Bertz CT molecular complexity index is 818. The third kappa shape index (κ3) is 6.55. The van der Waals surface area contributed by atoms with Crippen LogP contribution in [-0.4, -0.2) is 62.9 Å². The topological polar surface area (TPSA) is 68.2 Å². The molecule has 0 aliphatic carbocycles. The normalized spacial score (nSPS) is 16.7. The summed E-state index contributed by atoms with van der Waals surface area (Å²) < 4.78 is 16.8. The van der Waals surface area contributed by atoms with Crippen LogP contribution in [0.5, 0.6) is 5.88 Å². The lowest BCUT2D eigenvalue weighted by molar-refractivity contribution is -0.00834. The van der Waals surface area contributed by atoms with Crippen molar-refractivity contribution in [3.63, 3.8) is 0 Å². The molecular formula is C22H31IN4O3. The number of nitrogens with zero attached hydrogens (tertiary/aromatic N) is 3. The molecule has 1 atom stereocenters. The van der Waals surface area contributed by atoms with Gasteiger partial charge >= 0.3 is 0 Å². The van der Waals surface area contributed by atoms with E-state index < -0.39 is 0 Å². The number of guanidine groups is 1. The van der Waals surface area contributed by atoms with E-state index in [0.29, 0.717) is 32.2 Å². The Balaban J connectivity index is 0.00000320. The van der Waals surface area contributed by atoms with Crippen LogP contribution in [0.3, 0.4) is 0 Å². The maximum absolute atomic E-state index is 6.04. The van der Waals surface area contributed by atoms with Gasteiger partial charge in [0.15, 0.2) is 5.96 Å². The summed E-state index contributed by atoms with van der Waals surface area (Å²) in [6.45, 7) is 5.92. The largest absolute Gasteiger partial charge is 0.475 e. The fraction of sp³-hybridized carbons (Fsp3) is 0.455. The number of rotatable bonds is 7. The molecule has 1 aliphatic rings. The van der Waals surface area contributed by atoms with E-state index in [0.717, 1.165) is 24.6 Å². The maximum Gasteiger partial charge on any atom is 0.218 e. The van der Waals surface area contributed by atoms with E-state index in [1.165, 1.54) is 11.1 Å². The molecule has 1 aromatic heterocycles. The zero-order valence-electron chi connectivity index (χ0n) is 17.8. The average Bonchev–Trinajstić information content (AvgIpc) is 2.76. The van der Waals surface area contributed by atoms with Gasteiger partial charge in [0.2, 0.25) is 5.88 Å². The lowest BCUT2D eigenvalue weighted by Crippen LogP contribution is -2.48. The van der Waals surface area contributed by atoms with Gasteiger partial charge in [-0.05, 0) is 24.1 Å². The van der Waals surface area contributed by atoms with Crippen LogP contribution in [0.1, 0.15) is 22.8 Å². The second-order valence-corrected chi connectivity index (χ2v) is 6.87. The number of aryl methyl sites for hydroxylation is 1. The summed E-state index contributed by atoms with van der Waals surface area (Å²) in [5.74, 6) is 1.46. The Hall–Kier alpha value is -1.91. The van der Waals surface area contributed by atoms with Gasteiger partial charge in [-0.2, -0.15) is 0 Å². The van der Waals surface area contributed by atoms with Crippen molar-refractivity contribution in [2.75, 3.05) is 47.1 Å². The third-order valence-corrected chi connectivity index (χ3v) is 4.93. The number of ether oxygens (including phenoxy) is 3. The maximum atomic E-state index is 6.04. The fourth-order valence-electron chi connectivity index (χ4n) is 3.39. The van der Waals surface area contributed by atoms with Crippen molar-refractivity contribution < 1.29 is 14.2 Å². The van der Waals surface area contributed by atoms with Crippen molar-refractivity contribution in [3.8, 4) is 5.88 Å². The number of methoxy groups -OCH3 is 1. The fourth-order valence-corrected chi connectivity index (χ4v) is 3.39. The van der Waals surface area contributed by atoms with E-state index in [1.807, 2.05) is 12.1 Å². The number of aromatic nitrogens is 1. The molecule has 0 bridgehead atoms. The first-order valence-corrected chi connectivity index (χ1v) is 9.91. The van der Waals surface area contributed by atoms with Crippen molar-refractivity contribution in [1.29, 1.82) is 0 Å². The molecule has 0 saturated carbocycles. The second kappa shape index (κ2) is 12.7. The number of pyridine rings is 1. The van der Waals surface area contributed by atoms with E-state index in [2.05, 4.69) is 51.4 Å². The number of morpholine rings is 1. The van der Waals surface area contributed by atoms with E-state index >= 15 is 0 Å². The van der Waals surface area contributed by atoms with E-state index in [9.17, 15) is 0 Å². The molecule has 0 amide bonds. The molecule has 8 heteroatoms. The van der Waals surface area contributed by atoms with Gasteiger partial charge < -0.3 is 24.4 Å². The number of aliphatic imine (C=N–C) groups is 1. The van der Waals surface area contributed by atoms with Crippen LogP contribution in [0.15, 0.2) is 47.6 Å². The molecule has 1 aliphatic heterocycles. The summed E-state index contributed by atoms with van der Waals surface area (Å²) in [5.41, 5.74) is 3.46. The van der Waals surface area contributed by atoms with Crippen molar-refractivity contribution in [2.45, 2.75) is 19.6 Å². The molecule has 0 radical (unpaired) electrons. The van der Waals surface area contributed by atoms with E-state index in [4.69, 9.17) is 14.2 Å². The van der Waals surface area contributed by atoms with Crippen LogP contribution in [-0.2, 0) is 16.0 Å². The lowest BCUT2D eigenvalue weighted by Gasteiger charge is -2.35. The van der Waals surface area contributed by atoms with Crippen molar-refractivity contribution in [1.82, 2.24) is 15.2 Å². The summed E-state index contributed by atoms with van der Waals surface area (Å²) in [6.07, 6.45) is 1.77. The molecule has 0 spiro atoms. The summed E-state index contributed by atoms with van der Waals surface area (Å²) in [6, 6.07) is 12.3. The van der Waals surface area contributed by atoms with Crippen LogP contribution >= 0.6 is 24.0 Å². The molecule has 30 heavy (non-hydrogen) atoms. The minimum absolute atomic E-state index is 0. The SMILES string of the molecule is CN=C(NCc1cccnc1OCCOC)N1CCOC(c2ccccc2C)C1.I. The summed E-state index contributed by atoms with van der Waals surface area (Å²) in [4.78, 5) is 11.1. The quantitative estimate of drug-likeness (QED) is 0.259. The first-order valence-electron chi connectivity index (χ1n) is 9.91. The minimum atomic E-state index is 0. The number of nitrogens with one attached hydrogen (secondary N) is 1. The van der Waals surface area contributed by atoms with Crippen molar-refractivity contribution in [2.24, 2.45) is 4.99 Å². The van der Waals surface area contributed by atoms with Gasteiger partial charge in [-0.3, -0.25) is 4.99 Å². The van der Waals surface area contributed by atoms with Gasteiger partial charge in [0.05, 0.1) is 19.8 Å². The predicted molar refractivity (Wildman–Crippen MR) is 129 cm³/mol. The lowest BCUT2D eigenvalue weighted by atomic mass is 10.0. The highest BCUT2D eigenvalue weighted by Gasteiger charge is 2.25. The molecule has 164 valence electrons. The third-order valence-electron chi connectivity index (χ3n) is 4.93. The van der Waals surface area contributed by atoms with Crippen LogP contribution in [0.2, 0.25) is 0 Å². The molecule has 2 heterocycles. The van der Waals surface area contributed by atoms with Crippen molar-refractivity contribution >= 4 is 29.9 Å². The molecular weight excluding hydrogens is 495 g/mol. The molecule has 7 nitrogen and oxygen atoms in total. The van der Waals surface area contributed by atoms with Gasteiger partial charge in [0, 0.05) is 39.0 Å².